The van der Waals surface area contributed by atoms with Gasteiger partial charge in [-0.15, -0.1) is 0 Å². The van der Waals surface area contributed by atoms with Crippen molar-refractivity contribution in [2.75, 3.05) is 30.1 Å². The van der Waals surface area contributed by atoms with Gasteiger partial charge in [0, 0.05) is 18.3 Å². The predicted molar refractivity (Wildman–Crippen MR) is 110 cm³/mol. The fourth-order valence-electron chi connectivity index (χ4n) is 3.27. The number of rotatable bonds is 8. The van der Waals surface area contributed by atoms with Gasteiger partial charge >= 0.3 is 0 Å². The van der Waals surface area contributed by atoms with Crippen molar-refractivity contribution in [2.24, 2.45) is 11.8 Å². The SMILES string of the molecule is Cc1ccc(NS(=O)(=O)CC(C)C(=O)NCC(C)N2CCC(C)CC2)cc1. The molecule has 1 aliphatic rings. The number of sulfonamides is 1. The molecule has 0 spiro atoms. The summed E-state index contributed by atoms with van der Waals surface area (Å²) in [6.45, 7) is 10.6. The third kappa shape index (κ3) is 7.14. The van der Waals surface area contributed by atoms with Gasteiger partial charge in [0.25, 0.3) is 0 Å². The summed E-state index contributed by atoms with van der Waals surface area (Å²) < 4.78 is 27.2. The Kier molecular flexibility index (Phi) is 7.68. The molecule has 1 aromatic carbocycles. The van der Waals surface area contributed by atoms with Crippen molar-refractivity contribution < 1.29 is 13.2 Å². The lowest BCUT2D eigenvalue weighted by Gasteiger charge is -2.35. The molecule has 1 fully saturated rings. The normalized spacial score (nSPS) is 18.7. The quantitative estimate of drug-likeness (QED) is 0.709. The fraction of sp³-hybridized carbons (Fsp3) is 0.650. The van der Waals surface area contributed by atoms with Crippen LogP contribution in [0.25, 0.3) is 0 Å². The standard InChI is InChI=1S/C20H33N3O3S/c1-15-5-7-19(8-6-15)22-27(25,26)14-17(3)20(24)21-13-18(4)23-11-9-16(2)10-12-23/h5-8,16-18,22H,9-14H2,1-4H3,(H,21,24). The van der Waals surface area contributed by atoms with Gasteiger partial charge in [0.1, 0.15) is 0 Å². The van der Waals surface area contributed by atoms with Gasteiger partial charge in [-0.2, -0.15) is 0 Å². The summed E-state index contributed by atoms with van der Waals surface area (Å²) in [7, 11) is -3.58. The number of piperidine rings is 1. The molecule has 1 saturated heterocycles. The molecule has 1 heterocycles. The van der Waals surface area contributed by atoms with Crippen LogP contribution in [0, 0.1) is 18.8 Å². The number of carbonyl (C=O) groups is 1. The van der Waals surface area contributed by atoms with Crippen LogP contribution in [0.4, 0.5) is 5.69 Å². The molecule has 0 radical (unpaired) electrons. The Labute approximate surface area is 163 Å². The Balaban J connectivity index is 1.79. The maximum absolute atomic E-state index is 12.3. The third-order valence-corrected chi connectivity index (χ3v) is 6.74. The van der Waals surface area contributed by atoms with Crippen LogP contribution in [-0.2, 0) is 14.8 Å². The Hall–Kier alpha value is -1.60. The molecule has 2 atom stereocenters. The van der Waals surface area contributed by atoms with Crippen LogP contribution in [0.1, 0.15) is 39.2 Å². The molecule has 0 aliphatic carbocycles. The maximum atomic E-state index is 12.3. The Morgan fingerprint density at radius 3 is 2.37 bits per heavy atom. The van der Waals surface area contributed by atoms with Crippen LogP contribution in [0.2, 0.25) is 0 Å². The average Bonchev–Trinajstić information content (AvgIpc) is 2.61. The van der Waals surface area contributed by atoms with Crippen molar-refractivity contribution in [1.29, 1.82) is 0 Å². The number of anilines is 1. The van der Waals surface area contributed by atoms with E-state index in [4.69, 9.17) is 0 Å². The molecule has 152 valence electrons. The number of hydrogen-bond donors (Lipinski definition) is 2. The van der Waals surface area contributed by atoms with E-state index in [9.17, 15) is 13.2 Å². The molecule has 2 rings (SSSR count). The third-order valence-electron chi connectivity index (χ3n) is 5.26. The van der Waals surface area contributed by atoms with Crippen LogP contribution in [-0.4, -0.2) is 50.7 Å². The van der Waals surface area contributed by atoms with Gasteiger partial charge in [0.05, 0.1) is 11.7 Å². The molecule has 1 aliphatic heterocycles. The smallest absolute Gasteiger partial charge is 0.233 e. The largest absolute Gasteiger partial charge is 0.354 e. The first-order valence-corrected chi connectivity index (χ1v) is 11.4. The second-order valence-corrected chi connectivity index (χ2v) is 9.73. The molecule has 2 unspecified atom stereocenters. The van der Waals surface area contributed by atoms with E-state index in [2.05, 4.69) is 28.8 Å². The van der Waals surface area contributed by atoms with E-state index >= 15 is 0 Å². The molecule has 0 bridgehead atoms. The van der Waals surface area contributed by atoms with Crippen molar-refractivity contribution in [3.05, 3.63) is 29.8 Å². The summed E-state index contributed by atoms with van der Waals surface area (Å²) in [5, 5.41) is 2.91. The van der Waals surface area contributed by atoms with Gasteiger partial charge in [-0.1, -0.05) is 31.5 Å². The summed E-state index contributed by atoms with van der Waals surface area (Å²) in [5.41, 5.74) is 1.57. The van der Waals surface area contributed by atoms with Crippen molar-refractivity contribution in [3.63, 3.8) is 0 Å². The summed E-state index contributed by atoms with van der Waals surface area (Å²) in [6.07, 6.45) is 2.38. The lowest BCUT2D eigenvalue weighted by molar-refractivity contribution is -0.124. The van der Waals surface area contributed by atoms with Crippen molar-refractivity contribution in [1.82, 2.24) is 10.2 Å². The number of benzene rings is 1. The number of nitrogens with zero attached hydrogens (tertiary/aromatic N) is 1. The lowest BCUT2D eigenvalue weighted by Crippen LogP contribution is -2.46. The fourth-order valence-corrected chi connectivity index (χ4v) is 4.66. The van der Waals surface area contributed by atoms with Crippen LogP contribution in [0.3, 0.4) is 0 Å². The first-order chi connectivity index (χ1) is 12.7. The predicted octanol–water partition coefficient (Wildman–Crippen LogP) is 2.61. The monoisotopic (exact) mass is 395 g/mol. The first kappa shape index (κ1) is 21.7. The number of likely N-dealkylation sites (tertiary alicyclic amines) is 1. The summed E-state index contributed by atoms with van der Waals surface area (Å²) >= 11 is 0. The average molecular weight is 396 g/mol. The highest BCUT2D eigenvalue weighted by Gasteiger charge is 2.24. The second-order valence-electron chi connectivity index (χ2n) is 7.96. The van der Waals surface area contributed by atoms with E-state index in [1.54, 1.807) is 19.1 Å². The first-order valence-electron chi connectivity index (χ1n) is 9.75. The van der Waals surface area contributed by atoms with Gasteiger partial charge in [0.15, 0.2) is 0 Å². The van der Waals surface area contributed by atoms with Crippen LogP contribution in [0.15, 0.2) is 24.3 Å². The number of carbonyl (C=O) groups excluding carboxylic acids is 1. The molecular weight excluding hydrogens is 362 g/mol. The van der Waals surface area contributed by atoms with Crippen molar-refractivity contribution >= 4 is 21.6 Å². The van der Waals surface area contributed by atoms with E-state index in [0.717, 1.165) is 24.6 Å². The summed E-state index contributed by atoms with van der Waals surface area (Å²) in [4.78, 5) is 14.7. The Morgan fingerprint density at radius 2 is 1.78 bits per heavy atom. The minimum absolute atomic E-state index is 0.221. The number of nitrogens with one attached hydrogen (secondary N) is 2. The highest BCUT2D eigenvalue weighted by Crippen LogP contribution is 2.18. The number of amides is 1. The molecular formula is C20H33N3O3S. The van der Waals surface area contributed by atoms with E-state index < -0.39 is 15.9 Å². The Morgan fingerprint density at radius 1 is 1.19 bits per heavy atom. The van der Waals surface area contributed by atoms with Gasteiger partial charge in [-0.05, 0) is 57.8 Å². The molecule has 7 heteroatoms. The topological polar surface area (TPSA) is 78.5 Å². The van der Waals surface area contributed by atoms with Gasteiger partial charge in [0.2, 0.25) is 15.9 Å². The number of aryl methyl sites for hydroxylation is 1. The van der Waals surface area contributed by atoms with Gasteiger partial charge < -0.3 is 5.32 Å². The minimum Gasteiger partial charge on any atom is -0.354 e. The van der Waals surface area contributed by atoms with Crippen LogP contribution in [0.5, 0.6) is 0 Å². The highest BCUT2D eigenvalue weighted by molar-refractivity contribution is 7.92. The molecule has 0 aromatic heterocycles. The Bertz CT molecular complexity index is 710. The zero-order valence-corrected chi connectivity index (χ0v) is 17.7. The molecule has 1 aromatic rings. The summed E-state index contributed by atoms with van der Waals surface area (Å²) in [6, 6.07) is 7.39. The lowest BCUT2D eigenvalue weighted by atomic mass is 9.98. The van der Waals surface area contributed by atoms with E-state index in [-0.39, 0.29) is 17.7 Å². The van der Waals surface area contributed by atoms with Crippen molar-refractivity contribution in [3.8, 4) is 0 Å². The zero-order valence-electron chi connectivity index (χ0n) is 16.9. The highest BCUT2D eigenvalue weighted by atomic mass is 32.2. The molecule has 6 nitrogen and oxygen atoms in total. The summed E-state index contributed by atoms with van der Waals surface area (Å²) in [5.74, 6) is -0.292. The van der Waals surface area contributed by atoms with Crippen LogP contribution < -0.4 is 10.0 Å². The second kappa shape index (κ2) is 9.55. The molecule has 1 amide bonds. The maximum Gasteiger partial charge on any atom is 0.233 e. The van der Waals surface area contributed by atoms with E-state index in [0.29, 0.717) is 12.2 Å². The number of hydrogen-bond acceptors (Lipinski definition) is 4. The molecule has 27 heavy (non-hydrogen) atoms. The molecule has 0 saturated carbocycles. The van der Waals surface area contributed by atoms with Gasteiger partial charge in [-0.25, -0.2) is 8.42 Å². The molecule has 2 N–H and O–H groups in total. The van der Waals surface area contributed by atoms with E-state index in [1.807, 2.05) is 19.1 Å². The van der Waals surface area contributed by atoms with Crippen molar-refractivity contribution in [2.45, 2.75) is 46.6 Å². The minimum atomic E-state index is -3.58. The zero-order chi connectivity index (χ0) is 20.0. The van der Waals surface area contributed by atoms with Gasteiger partial charge in [-0.3, -0.25) is 14.4 Å². The van der Waals surface area contributed by atoms with Crippen LogP contribution >= 0.6 is 0 Å². The van der Waals surface area contributed by atoms with E-state index in [1.165, 1.54) is 12.8 Å².